The Morgan fingerprint density at radius 3 is 2.63 bits per heavy atom. The van der Waals surface area contributed by atoms with Crippen molar-refractivity contribution in [2.75, 3.05) is 23.7 Å². The van der Waals surface area contributed by atoms with Crippen LogP contribution in [0.3, 0.4) is 0 Å². The third-order valence-corrected chi connectivity index (χ3v) is 5.92. The predicted molar refractivity (Wildman–Crippen MR) is 116 cm³/mol. The monoisotopic (exact) mass is 403 g/mol. The molecule has 0 aromatic carbocycles. The summed E-state index contributed by atoms with van der Waals surface area (Å²) in [5, 5.41) is 10.7. The van der Waals surface area contributed by atoms with Gasteiger partial charge in [0.05, 0.1) is 29.8 Å². The van der Waals surface area contributed by atoms with Crippen LogP contribution in [0.15, 0.2) is 36.9 Å². The van der Waals surface area contributed by atoms with Crippen LogP contribution < -0.4 is 16.0 Å². The van der Waals surface area contributed by atoms with Crippen molar-refractivity contribution in [2.24, 2.45) is 5.92 Å². The van der Waals surface area contributed by atoms with Crippen molar-refractivity contribution in [3.05, 3.63) is 36.9 Å². The highest BCUT2D eigenvalue weighted by Crippen LogP contribution is 2.28. The van der Waals surface area contributed by atoms with Crippen LogP contribution >= 0.6 is 0 Å². The van der Waals surface area contributed by atoms with E-state index >= 15 is 0 Å². The fourth-order valence-electron chi connectivity index (χ4n) is 3.89. The van der Waals surface area contributed by atoms with Gasteiger partial charge in [0.25, 0.3) is 0 Å². The van der Waals surface area contributed by atoms with Crippen LogP contribution in [0.1, 0.15) is 32.1 Å². The Morgan fingerprint density at radius 1 is 0.967 bits per heavy atom. The Bertz CT molecular complexity index is 1060. The van der Waals surface area contributed by atoms with E-state index in [2.05, 4.69) is 30.9 Å². The van der Waals surface area contributed by atoms with Crippen molar-refractivity contribution < 1.29 is 4.79 Å². The Morgan fingerprint density at radius 2 is 1.83 bits per heavy atom. The molecule has 1 aliphatic heterocycles. The minimum Gasteiger partial charge on any atom is -0.366 e. The maximum Gasteiger partial charge on any atom is 0.228 e. The van der Waals surface area contributed by atoms with Crippen molar-refractivity contribution in [1.29, 1.82) is 0 Å². The normalized spacial score (nSPS) is 17.5. The summed E-state index contributed by atoms with van der Waals surface area (Å²) in [6, 6.07) is 4.30. The lowest BCUT2D eigenvalue weighted by molar-refractivity contribution is -0.122. The molecule has 3 aromatic rings. The molecule has 1 saturated carbocycles. The smallest absolute Gasteiger partial charge is 0.228 e. The Labute approximate surface area is 174 Å². The maximum atomic E-state index is 12.2. The average molecular weight is 403 g/mol. The molecule has 3 N–H and O–H groups in total. The van der Waals surface area contributed by atoms with Gasteiger partial charge in [0.15, 0.2) is 0 Å². The lowest BCUT2D eigenvalue weighted by atomic mass is 9.85. The zero-order valence-corrected chi connectivity index (χ0v) is 16.8. The minimum absolute atomic E-state index is 0.0553. The number of carbonyl (C=O) groups excluding carboxylic acids is 1. The van der Waals surface area contributed by atoms with Gasteiger partial charge in [-0.2, -0.15) is 0 Å². The summed E-state index contributed by atoms with van der Waals surface area (Å²) in [4.78, 5) is 30.2. The van der Waals surface area contributed by atoms with Crippen LogP contribution in [-0.4, -0.2) is 45.0 Å². The van der Waals surface area contributed by atoms with Crippen LogP contribution in [-0.2, 0) is 4.79 Å². The van der Waals surface area contributed by atoms with E-state index in [1.807, 2.05) is 12.1 Å². The van der Waals surface area contributed by atoms with Crippen molar-refractivity contribution in [1.82, 2.24) is 25.3 Å². The molecule has 8 nitrogen and oxygen atoms in total. The van der Waals surface area contributed by atoms with Gasteiger partial charge in [-0.25, -0.2) is 9.97 Å². The fraction of sp³-hybridized carbons (Fsp3) is 0.409. The number of fused-ring (bicyclic) bond motifs is 1. The molecule has 0 unspecified atom stereocenters. The Hall–Kier alpha value is -3.13. The van der Waals surface area contributed by atoms with Crippen molar-refractivity contribution >= 4 is 28.4 Å². The summed E-state index contributed by atoms with van der Waals surface area (Å²) >= 11 is 0. The zero-order chi connectivity index (χ0) is 20.3. The number of amides is 1. The summed E-state index contributed by atoms with van der Waals surface area (Å²) in [6.07, 6.45) is 12.2. The van der Waals surface area contributed by atoms with Gasteiger partial charge in [0, 0.05) is 29.1 Å². The fourth-order valence-corrected chi connectivity index (χ4v) is 3.89. The number of pyridine rings is 2. The number of aromatic nitrogens is 4. The second-order valence-corrected chi connectivity index (χ2v) is 8.06. The van der Waals surface area contributed by atoms with E-state index in [4.69, 9.17) is 4.98 Å². The lowest BCUT2D eigenvalue weighted by Gasteiger charge is -2.24. The van der Waals surface area contributed by atoms with Crippen LogP contribution in [0, 0.1) is 5.92 Å². The average Bonchev–Trinajstić information content (AvgIpc) is 2.73. The van der Waals surface area contributed by atoms with Gasteiger partial charge in [-0.05, 0) is 50.9 Å². The molecule has 1 aliphatic carbocycles. The summed E-state index contributed by atoms with van der Waals surface area (Å²) in [5.74, 6) is 1.52. The van der Waals surface area contributed by atoms with E-state index in [-0.39, 0.29) is 11.8 Å². The zero-order valence-electron chi connectivity index (χ0n) is 16.8. The summed E-state index contributed by atoms with van der Waals surface area (Å²) < 4.78 is 0. The van der Waals surface area contributed by atoms with Gasteiger partial charge >= 0.3 is 0 Å². The number of hydrogen-bond acceptors (Lipinski definition) is 7. The first kappa shape index (κ1) is 18.9. The molecule has 2 fully saturated rings. The molecule has 30 heavy (non-hydrogen) atoms. The summed E-state index contributed by atoms with van der Waals surface area (Å²) in [5.41, 5.74) is 2.42. The standard InChI is InChI=1S/C22H25N7O/c30-22(14-2-1-3-14)29-20-9-15-8-16(10-25-18(15)12-26-20)19-11-24-13-21(28-19)27-17-4-6-23-7-5-17/h8-14,17,23H,1-7H2,(H,27,28)(H,26,29,30). The number of piperidine rings is 1. The molecular weight excluding hydrogens is 378 g/mol. The van der Waals surface area contributed by atoms with Crippen molar-refractivity contribution in [3.63, 3.8) is 0 Å². The predicted octanol–water partition coefficient (Wildman–Crippen LogP) is 2.99. The van der Waals surface area contributed by atoms with Crippen molar-refractivity contribution in [2.45, 2.75) is 38.1 Å². The van der Waals surface area contributed by atoms with E-state index in [1.54, 1.807) is 24.8 Å². The largest absolute Gasteiger partial charge is 0.366 e. The molecule has 0 bridgehead atoms. The van der Waals surface area contributed by atoms with Gasteiger partial charge in [0.1, 0.15) is 11.6 Å². The lowest BCUT2D eigenvalue weighted by Crippen LogP contribution is -2.35. The molecule has 5 rings (SSSR count). The summed E-state index contributed by atoms with van der Waals surface area (Å²) in [6.45, 7) is 2.04. The first-order valence-corrected chi connectivity index (χ1v) is 10.6. The highest BCUT2D eigenvalue weighted by atomic mass is 16.2. The minimum atomic E-state index is 0.0553. The molecule has 3 aromatic heterocycles. The van der Waals surface area contributed by atoms with E-state index in [1.165, 1.54) is 0 Å². The molecule has 0 spiro atoms. The van der Waals surface area contributed by atoms with Crippen LogP contribution in [0.25, 0.3) is 22.2 Å². The van der Waals surface area contributed by atoms with E-state index < -0.39 is 0 Å². The highest BCUT2D eigenvalue weighted by molar-refractivity contribution is 5.94. The highest BCUT2D eigenvalue weighted by Gasteiger charge is 2.25. The Kier molecular flexibility index (Phi) is 5.23. The van der Waals surface area contributed by atoms with E-state index in [9.17, 15) is 4.79 Å². The SMILES string of the molecule is O=C(Nc1cc2cc(-c3cncc(NC4CCNCC4)n3)cnc2cn1)C1CCC1. The Balaban J connectivity index is 1.37. The first-order valence-electron chi connectivity index (χ1n) is 10.6. The van der Waals surface area contributed by atoms with Gasteiger partial charge in [-0.3, -0.25) is 14.8 Å². The molecule has 4 heterocycles. The number of hydrogen-bond donors (Lipinski definition) is 3. The molecule has 0 atom stereocenters. The topological polar surface area (TPSA) is 105 Å². The molecule has 2 aliphatic rings. The third kappa shape index (κ3) is 4.09. The number of nitrogens with one attached hydrogen (secondary N) is 3. The van der Waals surface area contributed by atoms with E-state index in [0.717, 1.165) is 73.2 Å². The maximum absolute atomic E-state index is 12.2. The van der Waals surface area contributed by atoms with Gasteiger partial charge in [0.2, 0.25) is 5.91 Å². The molecule has 8 heteroatoms. The summed E-state index contributed by atoms with van der Waals surface area (Å²) in [7, 11) is 0. The molecule has 154 valence electrons. The van der Waals surface area contributed by atoms with E-state index in [0.29, 0.717) is 11.9 Å². The molecule has 0 radical (unpaired) electrons. The number of carbonyl (C=O) groups is 1. The molecule has 1 amide bonds. The second-order valence-electron chi connectivity index (χ2n) is 8.06. The van der Waals surface area contributed by atoms with Crippen LogP contribution in [0.4, 0.5) is 11.6 Å². The number of nitrogens with zero attached hydrogens (tertiary/aromatic N) is 4. The first-order chi connectivity index (χ1) is 14.7. The van der Waals surface area contributed by atoms with Gasteiger partial charge in [-0.1, -0.05) is 6.42 Å². The van der Waals surface area contributed by atoms with Gasteiger partial charge < -0.3 is 16.0 Å². The number of anilines is 2. The number of rotatable bonds is 5. The van der Waals surface area contributed by atoms with Crippen LogP contribution in [0.2, 0.25) is 0 Å². The van der Waals surface area contributed by atoms with Crippen molar-refractivity contribution in [3.8, 4) is 11.3 Å². The van der Waals surface area contributed by atoms with Gasteiger partial charge in [-0.15, -0.1) is 0 Å². The van der Waals surface area contributed by atoms with Crippen LogP contribution in [0.5, 0.6) is 0 Å². The third-order valence-electron chi connectivity index (χ3n) is 5.92. The molecule has 1 saturated heterocycles. The second kappa shape index (κ2) is 8.31. The quantitative estimate of drug-likeness (QED) is 0.601. The molecular formula is C22H25N7O.